The Morgan fingerprint density at radius 1 is 1.11 bits per heavy atom. The first-order valence-electron chi connectivity index (χ1n) is 12.7. The zero-order chi connectivity index (χ0) is 25.9. The Morgan fingerprint density at radius 3 is 2.68 bits per heavy atom. The van der Waals surface area contributed by atoms with Gasteiger partial charge in [-0.1, -0.05) is 18.2 Å². The Morgan fingerprint density at radius 2 is 1.92 bits per heavy atom. The van der Waals surface area contributed by atoms with Crippen LogP contribution in [0.5, 0.6) is 5.75 Å². The van der Waals surface area contributed by atoms with E-state index in [9.17, 15) is 10.1 Å². The summed E-state index contributed by atoms with van der Waals surface area (Å²) in [7, 11) is 2.16. The molecule has 0 atom stereocenters. The minimum absolute atomic E-state index is 0.150. The molecule has 0 unspecified atom stereocenters. The third-order valence-corrected chi connectivity index (χ3v) is 7.66. The fourth-order valence-electron chi connectivity index (χ4n) is 6.02. The van der Waals surface area contributed by atoms with E-state index in [1.807, 2.05) is 28.7 Å². The Hall–Kier alpha value is -4.55. The molecule has 2 aromatic carbocycles. The summed E-state index contributed by atoms with van der Waals surface area (Å²) in [5, 5.41) is 9.27. The van der Waals surface area contributed by atoms with E-state index in [1.165, 1.54) is 19.2 Å². The molecule has 0 radical (unpaired) electrons. The molecule has 188 valence electrons. The van der Waals surface area contributed by atoms with E-state index in [1.54, 1.807) is 41.4 Å². The molecule has 1 saturated heterocycles. The van der Waals surface area contributed by atoms with Crippen molar-refractivity contribution in [2.24, 2.45) is 5.41 Å². The van der Waals surface area contributed by atoms with E-state index in [0.29, 0.717) is 34.9 Å². The summed E-state index contributed by atoms with van der Waals surface area (Å²) < 4.78 is 9.57. The molecule has 0 N–H and O–H groups in total. The lowest BCUT2D eigenvalue weighted by Gasteiger charge is -2.57. The number of likely N-dealkylation sites (tertiary alicyclic amines) is 1. The third kappa shape index (κ3) is 3.81. The summed E-state index contributed by atoms with van der Waals surface area (Å²) in [6.07, 6.45) is 7.62. The van der Waals surface area contributed by atoms with Crippen molar-refractivity contribution in [3.05, 3.63) is 88.6 Å². The van der Waals surface area contributed by atoms with Gasteiger partial charge in [0.25, 0.3) is 5.56 Å². The first kappa shape index (κ1) is 22.6. The lowest BCUT2D eigenvalue weighted by Crippen LogP contribution is -2.63. The van der Waals surface area contributed by atoms with Crippen molar-refractivity contribution in [3.63, 3.8) is 0 Å². The van der Waals surface area contributed by atoms with Gasteiger partial charge in [-0.2, -0.15) is 5.26 Å². The van der Waals surface area contributed by atoms with Gasteiger partial charge in [-0.25, -0.2) is 15.0 Å². The minimum atomic E-state index is -0.150. The van der Waals surface area contributed by atoms with Crippen LogP contribution in [0.15, 0.2) is 71.9 Å². The van der Waals surface area contributed by atoms with Gasteiger partial charge in [-0.05, 0) is 49.7 Å². The van der Waals surface area contributed by atoms with Crippen molar-refractivity contribution < 1.29 is 4.74 Å². The summed E-state index contributed by atoms with van der Waals surface area (Å²) in [4.78, 5) is 29.0. The van der Waals surface area contributed by atoms with Crippen LogP contribution in [0.3, 0.4) is 0 Å². The summed E-state index contributed by atoms with van der Waals surface area (Å²) in [5.41, 5.74) is 4.17. The zero-order valence-corrected chi connectivity index (χ0v) is 20.9. The Labute approximate surface area is 218 Å². The molecule has 2 fully saturated rings. The topological polar surface area (TPSA) is 101 Å². The van der Waals surface area contributed by atoms with Crippen LogP contribution in [0.4, 0.5) is 0 Å². The Kier molecular flexibility index (Phi) is 5.06. The van der Waals surface area contributed by atoms with E-state index in [0.717, 1.165) is 35.0 Å². The average Bonchev–Trinajstić information content (AvgIpc) is 3.27. The number of hydrogen-bond donors (Lipinski definition) is 0. The van der Waals surface area contributed by atoms with Crippen molar-refractivity contribution in [3.8, 4) is 23.2 Å². The molecule has 4 heterocycles. The Balaban J connectivity index is 1.12. The van der Waals surface area contributed by atoms with Crippen LogP contribution in [0, 0.1) is 16.7 Å². The standard InChI is InChI=1S/C29H25N7O2/c1-34-17-29(18-34)11-22(12-29)38-23-14-31-27(32-15-23)21-4-2-3-20(9-21)16-36-26(37)7-8-35-25-10-19(13-30)5-6-24(25)33-28(35)36/h2-10,14-15,22H,11-12,16-18H2,1H3. The quantitative estimate of drug-likeness (QED) is 0.362. The van der Waals surface area contributed by atoms with Crippen molar-refractivity contribution in [1.29, 1.82) is 5.26 Å². The minimum Gasteiger partial charge on any atom is -0.487 e. The second-order valence-electron chi connectivity index (χ2n) is 10.6. The van der Waals surface area contributed by atoms with Crippen LogP contribution >= 0.6 is 0 Å². The number of ether oxygens (including phenoxy) is 1. The van der Waals surface area contributed by atoms with Gasteiger partial charge in [0.1, 0.15) is 6.10 Å². The van der Waals surface area contributed by atoms with E-state index in [-0.39, 0.29) is 11.7 Å². The third-order valence-electron chi connectivity index (χ3n) is 7.66. The highest BCUT2D eigenvalue weighted by atomic mass is 16.5. The van der Waals surface area contributed by atoms with Gasteiger partial charge in [0.15, 0.2) is 11.6 Å². The molecule has 5 aromatic rings. The maximum absolute atomic E-state index is 12.8. The first-order chi connectivity index (χ1) is 18.5. The summed E-state index contributed by atoms with van der Waals surface area (Å²) >= 11 is 0. The molecular formula is C29H25N7O2. The van der Waals surface area contributed by atoms with Crippen LogP contribution in [-0.4, -0.2) is 55.1 Å². The van der Waals surface area contributed by atoms with Crippen molar-refractivity contribution >= 4 is 16.8 Å². The number of aromatic nitrogens is 5. The van der Waals surface area contributed by atoms with E-state index >= 15 is 0 Å². The van der Waals surface area contributed by atoms with E-state index in [4.69, 9.17) is 4.74 Å². The predicted octanol–water partition coefficient (Wildman–Crippen LogP) is 3.50. The summed E-state index contributed by atoms with van der Waals surface area (Å²) in [6, 6.07) is 16.8. The monoisotopic (exact) mass is 503 g/mol. The molecule has 0 amide bonds. The van der Waals surface area contributed by atoms with E-state index < -0.39 is 0 Å². The number of fused-ring (bicyclic) bond motifs is 3. The molecule has 1 aliphatic carbocycles. The number of rotatable bonds is 5. The van der Waals surface area contributed by atoms with Gasteiger partial charge in [-0.15, -0.1) is 0 Å². The SMILES string of the molecule is CN1CC2(CC(Oc3cnc(-c4cccc(Cn5c(=O)ccn6c7cc(C#N)ccc7nc56)c4)nc3)C2)C1. The van der Waals surface area contributed by atoms with Gasteiger partial charge >= 0.3 is 0 Å². The van der Waals surface area contributed by atoms with Gasteiger partial charge in [-0.3, -0.25) is 13.8 Å². The number of imidazole rings is 1. The van der Waals surface area contributed by atoms with Gasteiger partial charge in [0.2, 0.25) is 5.78 Å². The summed E-state index contributed by atoms with van der Waals surface area (Å²) in [5.74, 6) is 1.82. The smallest absolute Gasteiger partial charge is 0.255 e. The summed E-state index contributed by atoms with van der Waals surface area (Å²) in [6.45, 7) is 2.67. The highest BCUT2D eigenvalue weighted by Gasteiger charge is 2.52. The highest BCUT2D eigenvalue weighted by molar-refractivity contribution is 5.81. The molecule has 38 heavy (non-hydrogen) atoms. The maximum Gasteiger partial charge on any atom is 0.255 e. The normalized spacial score (nSPS) is 16.8. The first-order valence-corrected chi connectivity index (χ1v) is 12.7. The second kappa shape index (κ2) is 8.50. The van der Waals surface area contributed by atoms with Crippen molar-refractivity contribution in [2.45, 2.75) is 25.5 Å². The van der Waals surface area contributed by atoms with Crippen LogP contribution in [0.2, 0.25) is 0 Å². The number of hydrogen-bond acceptors (Lipinski definition) is 7. The van der Waals surface area contributed by atoms with Crippen molar-refractivity contribution in [1.82, 2.24) is 28.8 Å². The molecule has 3 aromatic heterocycles. The lowest BCUT2D eigenvalue weighted by atomic mass is 9.62. The second-order valence-corrected chi connectivity index (χ2v) is 10.6. The fraction of sp³-hybridized carbons (Fsp3) is 0.276. The fourth-order valence-corrected chi connectivity index (χ4v) is 6.02. The van der Waals surface area contributed by atoms with Crippen molar-refractivity contribution in [2.75, 3.05) is 20.1 Å². The van der Waals surface area contributed by atoms with Crippen LogP contribution in [0.1, 0.15) is 24.0 Å². The largest absolute Gasteiger partial charge is 0.487 e. The molecule has 0 bridgehead atoms. The molecule has 9 nitrogen and oxygen atoms in total. The van der Waals surface area contributed by atoms with Crippen LogP contribution in [-0.2, 0) is 6.54 Å². The van der Waals surface area contributed by atoms with Crippen LogP contribution in [0.25, 0.3) is 28.2 Å². The van der Waals surface area contributed by atoms with E-state index in [2.05, 4.69) is 33.0 Å². The number of benzene rings is 2. The molecule has 9 heteroatoms. The Bertz CT molecular complexity index is 1780. The molecule has 2 aliphatic rings. The molecule has 7 rings (SSSR count). The van der Waals surface area contributed by atoms with Gasteiger partial charge < -0.3 is 9.64 Å². The van der Waals surface area contributed by atoms with Gasteiger partial charge in [0, 0.05) is 36.3 Å². The number of nitriles is 1. The predicted molar refractivity (Wildman–Crippen MR) is 142 cm³/mol. The average molecular weight is 504 g/mol. The molecular weight excluding hydrogens is 478 g/mol. The molecule has 1 aliphatic heterocycles. The highest BCUT2D eigenvalue weighted by Crippen LogP contribution is 2.48. The number of nitrogens with zero attached hydrogens (tertiary/aromatic N) is 7. The zero-order valence-electron chi connectivity index (χ0n) is 20.9. The lowest BCUT2D eigenvalue weighted by molar-refractivity contribution is -0.109. The molecule has 1 saturated carbocycles. The van der Waals surface area contributed by atoms with Crippen LogP contribution < -0.4 is 10.3 Å². The maximum atomic E-state index is 12.8. The van der Waals surface area contributed by atoms with Gasteiger partial charge in [0.05, 0.1) is 41.6 Å². The molecule has 1 spiro atoms.